The lowest BCUT2D eigenvalue weighted by atomic mass is 10.4. The van der Waals surface area contributed by atoms with Crippen LogP contribution < -0.4 is 10.1 Å². The van der Waals surface area contributed by atoms with Crippen molar-refractivity contribution in [1.82, 2.24) is 4.98 Å². The fourth-order valence-electron chi connectivity index (χ4n) is 1.11. The molecule has 1 aromatic rings. The number of nitrogens with zero attached hydrogens (tertiary/aromatic N) is 1. The molecule has 0 bridgehead atoms. The highest BCUT2D eigenvalue weighted by Crippen LogP contribution is 2.33. The van der Waals surface area contributed by atoms with E-state index in [4.69, 9.17) is 4.74 Å². The van der Waals surface area contributed by atoms with Gasteiger partial charge in [0.15, 0.2) is 0 Å². The lowest BCUT2D eigenvalue weighted by molar-refractivity contribution is 0.304. The zero-order chi connectivity index (χ0) is 9.26. The topological polar surface area (TPSA) is 34.1 Å². The molecule has 0 spiro atoms. The van der Waals surface area contributed by atoms with Crippen LogP contribution in [-0.2, 0) is 0 Å². The molecule has 0 unspecified atom stereocenters. The summed E-state index contributed by atoms with van der Waals surface area (Å²) in [5.41, 5.74) is 0.995. The lowest BCUT2D eigenvalue weighted by Gasteiger charge is -2.10. The van der Waals surface area contributed by atoms with Crippen LogP contribution in [0.5, 0.6) is 5.75 Å². The van der Waals surface area contributed by atoms with Crippen molar-refractivity contribution in [3.05, 3.63) is 16.0 Å². The summed E-state index contributed by atoms with van der Waals surface area (Å²) in [6, 6.07) is 1.91. The summed E-state index contributed by atoms with van der Waals surface area (Å²) in [6.45, 7) is 0. The molecule has 1 aliphatic carbocycles. The van der Waals surface area contributed by atoms with Gasteiger partial charge in [-0.25, -0.2) is 4.98 Å². The van der Waals surface area contributed by atoms with Crippen LogP contribution in [0.1, 0.15) is 12.8 Å². The second-order valence-corrected chi connectivity index (χ2v) is 4.06. The predicted molar refractivity (Wildman–Crippen MR) is 60.2 cm³/mol. The number of halogens is 1. The average Bonchev–Trinajstić information content (AvgIpc) is 2.89. The van der Waals surface area contributed by atoms with Crippen molar-refractivity contribution in [3.8, 4) is 5.75 Å². The van der Waals surface area contributed by atoms with Crippen LogP contribution in [-0.4, -0.2) is 18.1 Å². The highest BCUT2D eigenvalue weighted by molar-refractivity contribution is 14.1. The maximum Gasteiger partial charge on any atom is 0.147 e. The lowest BCUT2D eigenvalue weighted by Crippen LogP contribution is -2.02. The van der Waals surface area contributed by atoms with E-state index in [1.807, 2.05) is 13.1 Å². The molecular weight excluding hydrogens is 279 g/mol. The van der Waals surface area contributed by atoms with Crippen LogP contribution in [0.25, 0.3) is 0 Å². The number of rotatable bonds is 3. The summed E-state index contributed by atoms with van der Waals surface area (Å²) < 4.78 is 6.68. The summed E-state index contributed by atoms with van der Waals surface area (Å²) in [5, 5.41) is 3.10. The number of ether oxygens (including phenoxy) is 1. The number of anilines is 1. The number of pyridine rings is 1. The normalized spacial score (nSPS) is 15.5. The van der Waals surface area contributed by atoms with Crippen LogP contribution in [0.2, 0.25) is 0 Å². The monoisotopic (exact) mass is 290 g/mol. The molecule has 1 saturated carbocycles. The van der Waals surface area contributed by atoms with Gasteiger partial charge in [-0.2, -0.15) is 0 Å². The van der Waals surface area contributed by atoms with E-state index in [1.165, 1.54) is 12.8 Å². The molecule has 0 aliphatic heterocycles. The molecule has 0 amide bonds. The van der Waals surface area contributed by atoms with Gasteiger partial charge in [-0.05, 0) is 35.4 Å². The largest absolute Gasteiger partial charge is 0.488 e. The van der Waals surface area contributed by atoms with Gasteiger partial charge in [-0.3, -0.25) is 0 Å². The fraction of sp³-hybridized carbons (Fsp3) is 0.444. The molecule has 70 valence electrons. The summed E-state index contributed by atoms with van der Waals surface area (Å²) in [7, 11) is 1.89. The van der Waals surface area contributed by atoms with Gasteiger partial charge in [0.25, 0.3) is 0 Å². The molecular formula is C9H11IN2O. The molecule has 1 N–H and O–H groups in total. The molecule has 1 aromatic heterocycles. The van der Waals surface area contributed by atoms with E-state index in [0.29, 0.717) is 6.10 Å². The number of nitrogens with one attached hydrogen (secondary N) is 1. The molecule has 1 aliphatic rings. The number of aromatic nitrogens is 1. The van der Waals surface area contributed by atoms with Gasteiger partial charge in [0.2, 0.25) is 0 Å². The first-order valence-electron chi connectivity index (χ1n) is 4.30. The minimum absolute atomic E-state index is 0.435. The molecule has 3 nitrogen and oxygen atoms in total. The second kappa shape index (κ2) is 3.69. The van der Waals surface area contributed by atoms with Crippen LogP contribution in [0.3, 0.4) is 0 Å². The van der Waals surface area contributed by atoms with Crippen LogP contribution >= 0.6 is 22.6 Å². The molecule has 1 heterocycles. The standard InChI is InChI=1S/C9H11IN2O/c1-11-8-7(13-6-2-3-6)4-5-12-9(8)10/h4-6,11H,2-3H2,1H3. The summed E-state index contributed by atoms with van der Waals surface area (Å²) in [4.78, 5) is 4.18. The molecule has 0 saturated heterocycles. The van der Waals surface area contributed by atoms with Gasteiger partial charge in [-0.1, -0.05) is 0 Å². The predicted octanol–water partition coefficient (Wildman–Crippen LogP) is 2.27. The SMILES string of the molecule is CNc1c(OC2CC2)ccnc1I. The Kier molecular flexibility index (Phi) is 2.57. The fourth-order valence-corrected chi connectivity index (χ4v) is 1.81. The second-order valence-electron chi connectivity index (χ2n) is 3.04. The van der Waals surface area contributed by atoms with Gasteiger partial charge >= 0.3 is 0 Å². The molecule has 1 fully saturated rings. The Balaban J connectivity index is 2.25. The van der Waals surface area contributed by atoms with Gasteiger partial charge in [-0.15, -0.1) is 0 Å². The first-order chi connectivity index (χ1) is 6.31. The molecule has 0 radical (unpaired) electrons. The van der Waals surface area contributed by atoms with Crippen molar-refractivity contribution in [1.29, 1.82) is 0 Å². The summed E-state index contributed by atoms with van der Waals surface area (Å²) in [6.07, 6.45) is 4.58. The third kappa shape index (κ3) is 2.04. The number of hydrogen-bond donors (Lipinski definition) is 1. The van der Waals surface area contributed by atoms with Crippen LogP contribution in [0.4, 0.5) is 5.69 Å². The van der Waals surface area contributed by atoms with Gasteiger partial charge in [0.1, 0.15) is 15.1 Å². The molecule has 13 heavy (non-hydrogen) atoms. The third-order valence-corrected chi connectivity index (χ3v) is 2.75. The Hall–Kier alpha value is -0.520. The molecule has 0 aromatic carbocycles. The van der Waals surface area contributed by atoms with E-state index in [0.717, 1.165) is 15.1 Å². The van der Waals surface area contributed by atoms with Gasteiger partial charge in [0.05, 0.1) is 6.10 Å². The third-order valence-electron chi connectivity index (χ3n) is 1.93. The van der Waals surface area contributed by atoms with Gasteiger partial charge < -0.3 is 10.1 Å². The van der Waals surface area contributed by atoms with Crippen molar-refractivity contribution in [3.63, 3.8) is 0 Å². The van der Waals surface area contributed by atoms with Gasteiger partial charge in [0, 0.05) is 19.3 Å². The zero-order valence-electron chi connectivity index (χ0n) is 7.38. The zero-order valence-corrected chi connectivity index (χ0v) is 9.54. The minimum atomic E-state index is 0.435. The maximum atomic E-state index is 5.72. The Labute approximate surface area is 91.0 Å². The van der Waals surface area contributed by atoms with E-state index in [2.05, 4.69) is 32.9 Å². The van der Waals surface area contributed by atoms with Crippen LogP contribution in [0.15, 0.2) is 12.3 Å². The highest BCUT2D eigenvalue weighted by Gasteiger charge is 2.24. The Morgan fingerprint density at radius 2 is 2.38 bits per heavy atom. The number of hydrogen-bond acceptors (Lipinski definition) is 3. The minimum Gasteiger partial charge on any atom is -0.488 e. The highest BCUT2D eigenvalue weighted by atomic mass is 127. The van der Waals surface area contributed by atoms with E-state index in [-0.39, 0.29) is 0 Å². The Bertz CT molecular complexity index is 312. The van der Waals surface area contributed by atoms with Crippen molar-refractivity contribution in [2.75, 3.05) is 12.4 Å². The molecule has 0 atom stereocenters. The molecule has 4 heteroatoms. The quantitative estimate of drug-likeness (QED) is 0.685. The van der Waals surface area contributed by atoms with Crippen molar-refractivity contribution in [2.24, 2.45) is 0 Å². The first kappa shape index (κ1) is 9.05. The Morgan fingerprint density at radius 1 is 1.62 bits per heavy atom. The van der Waals surface area contributed by atoms with E-state index in [9.17, 15) is 0 Å². The average molecular weight is 290 g/mol. The van der Waals surface area contributed by atoms with Crippen LogP contribution in [0, 0.1) is 3.70 Å². The van der Waals surface area contributed by atoms with Crippen molar-refractivity contribution in [2.45, 2.75) is 18.9 Å². The van der Waals surface area contributed by atoms with E-state index in [1.54, 1.807) is 6.20 Å². The molecule has 2 rings (SSSR count). The summed E-state index contributed by atoms with van der Waals surface area (Å²) >= 11 is 2.20. The maximum absolute atomic E-state index is 5.72. The van der Waals surface area contributed by atoms with E-state index >= 15 is 0 Å². The smallest absolute Gasteiger partial charge is 0.147 e. The Morgan fingerprint density at radius 3 is 3.00 bits per heavy atom. The van der Waals surface area contributed by atoms with E-state index < -0.39 is 0 Å². The first-order valence-corrected chi connectivity index (χ1v) is 5.38. The van der Waals surface area contributed by atoms with Crippen molar-refractivity contribution < 1.29 is 4.74 Å². The van der Waals surface area contributed by atoms with Crippen molar-refractivity contribution >= 4 is 28.3 Å². The summed E-state index contributed by atoms with van der Waals surface area (Å²) in [5.74, 6) is 0.921.